The van der Waals surface area contributed by atoms with Gasteiger partial charge in [0.1, 0.15) is 5.54 Å². The summed E-state index contributed by atoms with van der Waals surface area (Å²) in [4.78, 5) is 49.5. The maximum atomic E-state index is 12.0. The number of carbonyl (C=O) groups excluding carboxylic acids is 4. The third-order valence-corrected chi connectivity index (χ3v) is 3.25. The van der Waals surface area contributed by atoms with E-state index in [9.17, 15) is 19.2 Å². The summed E-state index contributed by atoms with van der Waals surface area (Å²) in [5.41, 5.74) is -0.941. The van der Waals surface area contributed by atoms with Gasteiger partial charge in [-0.2, -0.15) is 0 Å². The molecule has 0 bridgehead atoms. The summed E-state index contributed by atoms with van der Waals surface area (Å²) >= 11 is 0. The lowest BCUT2D eigenvalue weighted by Crippen LogP contribution is -2.42. The molecule has 1 fully saturated rings. The molecule has 1 saturated heterocycles. The van der Waals surface area contributed by atoms with Crippen molar-refractivity contribution in [2.45, 2.75) is 45.7 Å². The summed E-state index contributed by atoms with van der Waals surface area (Å²) in [6, 6.07) is -0.493. The van der Waals surface area contributed by atoms with Crippen LogP contribution in [0.1, 0.15) is 34.1 Å². The van der Waals surface area contributed by atoms with Crippen molar-refractivity contribution in [3.8, 4) is 0 Å². The van der Waals surface area contributed by atoms with Crippen LogP contribution in [0, 0.1) is 0 Å². The molecule has 8 heteroatoms. The largest absolute Gasteiger partial charge is 0.352 e. The van der Waals surface area contributed by atoms with Crippen LogP contribution in [0.3, 0.4) is 0 Å². The first-order valence-electron chi connectivity index (χ1n) is 7.22. The summed E-state index contributed by atoms with van der Waals surface area (Å²) in [5, 5.41) is 5.24. The maximum Gasteiger partial charge on any atom is 0.325 e. The van der Waals surface area contributed by atoms with Crippen LogP contribution in [0.15, 0.2) is 0 Å². The molecule has 0 radical (unpaired) electrons. The zero-order valence-electron chi connectivity index (χ0n) is 13.7. The highest BCUT2D eigenvalue weighted by molar-refractivity contribution is 6.06. The number of urea groups is 1. The number of rotatable bonds is 6. The zero-order valence-corrected chi connectivity index (χ0v) is 13.7. The Kier molecular flexibility index (Phi) is 5.51. The molecule has 0 aromatic rings. The summed E-state index contributed by atoms with van der Waals surface area (Å²) in [6.07, 6.45) is -0.0132. The van der Waals surface area contributed by atoms with Crippen LogP contribution < -0.4 is 10.6 Å². The molecule has 124 valence electrons. The van der Waals surface area contributed by atoms with E-state index < -0.39 is 11.6 Å². The molecule has 0 aromatic carbocycles. The number of amides is 5. The van der Waals surface area contributed by atoms with E-state index in [2.05, 4.69) is 10.6 Å². The number of carbonyl (C=O) groups is 4. The second kappa shape index (κ2) is 6.76. The van der Waals surface area contributed by atoms with Gasteiger partial charge in [-0.05, 0) is 27.7 Å². The molecule has 5 amide bonds. The fourth-order valence-electron chi connectivity index (χ4n) is 2.09. The lowest BCUT2D eigenvalue weighted by atomic mass is 10.1. The van der Waals surface area contributed by atoms with E-state index in [4.69, 9.17) is 0 Å². The molecule has 0 atom stereocenters. The maximum absolute atomic E-state index is 12.0. The average molecular weight is 312 g/mol. The second-order valence-corrected chi connectivity index (χ2v) is 6.23. The smallest absolute Gasteiger partial charge is 0.325 e. The van der Waals surface area contributed by atoms with Crippen LogP contribution in [0.25, 0.3) is 0 Å². The van der Waals surface area contributed by atoms with E-state index in [1.54, 1.807) is 13.8 Å². The molecule has 0 saturated carbocycles. The Hall–Kier alpha value is -2.12. The molecule has 22 heavy (non-hydrogen) atoms. The van der Waals surface area contributed by atoms with Gasteiger partial charge in [-0.15, -0.1) is 0 Å². The second-order valence-electron chi connectivity index (χ2n) is 6.23. The molecule has 8 nitrogen and oxygen atoms in total. The Morgan fingerprint density at radius 2 is 1.91 bits per heavy atom. The molecule has 0 aliphatic carbocycles. The third-order valence-electron chi connectivity index (χ3n) is 3.25. The molecule has 0 unspecified atom stereocenters. The molecule has 1 aliphatic rings. The third kappa shape index (κ3) is 4.44. The van der Waals surface area contributed by atoms with Crippen molar-refractivity contribution in [2.24, 2.45) is 0 Å². The number of nitrogens with one attached hydrogen (secondary N) is 2. The number of hydrogen-bond acceptors (Lipinski definition) is 4. The standard InChI is InChI=1S/C14H24N4O4/c1-9(2)15-10(19)8-17(5)11(20)6-7-18-12(21)14(3,4)16-13(18)22/h9H,6-8H2,1-5H3,(H,15,19)(H,16,22). The Morgan fingerprint density at radius 3 is 2.36 bits per heavy atom. The van der Waals surface area contributed by atoms with E-state index in [1.165, 1.54) is 11.9 Å². The summed E-state index contributed by atoms with van der Waals surface area (Å²) in [5.74, 6) is -0.906. The minimum Gasteiger partial charge on any atom is -0.352 e. The van der Waals surface area contributed by atoms with Crippen LogP contribution in [0.4, 0.5) is 4.79 Å². The number of nitrogens with zero attached hydrogens (tertiary/aromatic N) is 2. The number of likely N-dealkylation sites (N-methyl/N-ethyl adjacent to an activating group) is 1. The van der Waals surface area contributed by atoms with Gasteiger partial charge >= 0.3 is 6.03 Å². The van der Waals surface area contributed by atoms with Gasteiger partial charge in [-0.25, -0.2) is 4.79 Å². The van der Waals surface area contributed by atoms with E-state index in [0.29, 0.717) is 0 Å². The van der Waals surface area contributed by atoms with Gasteiger partial charge in [0.05, 0.1) is 6.54 Å². The summed E-state index contributed by atoms with van der Waals surface area (Å²) in [6.45, 7) is 6.83. The normalized spacial score (nSPS) is 16.7. The van der Waals surface area contributed by atoms with Crippen LogP contribution >= 0.6 is 0 Å². The van der Waals surface area contributed by atoms with Gasteiger partial charge in [-0.3, -0.25) is 19.3 Å². The predicted octanol–water partition coefficient (Wildman–Crippen LogP) is -0.310. The highest BCUT2D eigenvalue weighted by Crippen LogP contribution is 2.16. The number of hydrogen-bond donors (Lipinski definition) is 2. The van der Waals surface area contributed by atoms with Gasteiger partial charge in [-0.1, -0.05) is 0 Å². The molecular weight excluding hydrogens is 288 g/mol. The topological polar surface area (TPSA) is 98.8 Å². The van der Waals surface area contributed by atoms with E-state index in [-0.39, 0.29) is 43.3 Å². The van der Waals surface area contributed by atoms with Crippen molar-refractivity contribution < 1.29 is 19.2 Å². The van der Waals surface area contributed by atoms with Gasteiger partial charge in [0.2, 0.25) is 11.8 Å². The SMILES string of the molecule is CC(C)NC(=O)CN(C)C(=O)CCN1C(=O)NC(C)(C)C1=O. The first-order chi connectivity index (χ1) is 10.0. The van der Waals surface area contributed by atoms with Crippen molar-refractivity contribution in [3.05, 3.63) is 0 Å². The van der Waals surface area contributed by atoms with Crippen molar-refractivity contribution in [2.75, 3.05) is 20.1 Å². The monoisotopic (exact) mass is 312 g/mol. The van der Waals surface area contributed by atoms with Crippen molar-refractivity contribution >= 4 is 23.8 Å². The Labute approximate surface area is 130 Å². The Morgan fingerprint density at radius 1 is 1.32 bits per heavy atom. The van der Waals surface area contributed by atoms with Crippen molar-refractivity contribution in [3.63, 3.8) is 0 Å². The molecule has 0 spiro atoms. The van der Waals surface area contributed by atoms with Gasteiger partial charge < -0.3 is 15.5 Å². The van der Waals surface area contributed by atoms with Gasteiger partial charge in [0, 0.05) is 26.1 Å². The Balaban J connectivity index is 2.47. The lowest BCUT2D eigenvalue weighted by molar-refractivity contribution is -0.136. The molecule has 1 heterocycles. The van der Waals surface area contributed by atoms with Crippen LogP contribution in [0.5, 0.6) is 0 Å². The number of imide groups is 1. The fourth-order valence-corrected chi connectivity index (χ4v) is 2.09. The van der Waals surface area contributed by atoms with Gasteiger partial charge in [0.25, 0.3) is 5.91 Å². The van der Waals surface area contributed by atoms with Gasteiger partial charge in [0.15, 0.2) is 0 Å². The minimum absolute atomic E-state index is 0.00305. The molecular formula is C14H24N4O4. The Bertz CT molecular complexity index is 487. The molecule has 1 rings (SSSR count). The van der Waals surface area contributed by atoms with E-state index >= 15 is 0 Å². The van der Waals surface area contributed by atoms with E-state index in [1.807, 2.05) is 13.8 Å². The average Bonchev–Trinajstić information content (AvgIpc) is 2.54. The molecule has 0 aromatic heterocycles. The van der Waals surface area contributed by atoms with Crippen LogP contribution in [-0.4, -0.2) is 65.3 Å². The lowest BCUT2D eigenvalue weighted by Gasteiger charge is -2.20. The quantitative estimate of drug-likeness (QED) is 0.657. The highest BCUT2D eigenvalue weighted by atomic mass is 16.2. The molecule has 2 N–H and O–H groups in total. The summed E-state index contributed by atoms with van der Waals surface area (Å²) < 4.78 is 0. The van der Waals surface area contributed by atoms with Crippen LogP contribution in [-0.2, 0) is 14.4 Å². The van der Waals surface area contributed by atoms with Crippen molar-refractivity contribution in [1.29, 1.82) is 0 Å². The predicted molar refractivity (Wildman–Crippen MR) is 79.9 cm³/mol. The van der Waals surface area contributed by atoms with Crippen LogP contribution in [0.2, 0.25) is 0 Å². The molecule has 1 aliphatic heterocycles. The summed E-state index contributed by atoms with van der Waals surface area (Å²) in [7, 11) is 1.51. The van der Waals surface area contributed by atoms with Crippen molar-refractivity contribution in [1.82, 2.24) is 20.4 Å². The first kappa shape index (κ1) is 17.9. The zero-order chi connectivity index (χ0) is 17.1. The first-order valence-corrected chi connectivity index (χ1v) is 7.22. The fraction of sp³-hybridized carbons (Fsp3) is 0.714. The highest BCUT2D eigenvalue weighted by Gasteiger charge is 2.44. The van der Waals surface area contributed by atoms with E-state index in [0.717, 1.165) is 4.90 Å². The minimum atomic E-state index is -0.941.